The lowest BCUT2D eigenvalue weighted by molar-refractivity contribution is -0.124. The highest BCUT2D eigenvalue weighted by atomic mass is 19.2. The number of aryl methyl sites for hydroxylation is 2. The third-order valence-corrected chi connectivity index (χ3v) is 11.2. The fraction of sp³-hybridized carbons (Fsp3) is 0.471. The standard InChI is InChI=1S/C23H23F2N3.C15H16N2O4.C11H24O3.C2H6/c1-4-15(9-8-14(2)27-16-6-5-7-16)17-12-20-21(23(25)22(17)24)18-13-26-11-10-19(18)28(20)3;1-9-5-6-10-11(8-9)15(21)17(14(10)20)12(4-3-7-18)13(19)16-2;1-3-11(4-2)14-10-6-9-13-8-5-7-12;1-2/h4,8-13,16,27H,2,5-7H2,1,3H3;5-8,12H,3-4H2,1-2H3,(H,16,19);11-12H,3-10H2,1-2H3;1-2H3/b9-8-,15-4+;;;. The molecule has 14 heteroatoms. The molecule has 4 aromatic rings. The highest BCUT2D eigenvalue weighted by Crippen LogP contribution is 2.35. The largest absolute Gasteiger partial charge is 0.396 e. The number of nitrogens with zero attached hydrogens (tertiary/aromatic N) is 3. The summed E-state index contributed by atoms with van der Waals surface area (Å²) in [5.74, 6) is -3.12. The van der Waals surface area contributed by atoms with Crippen LogP contribution in [-0.2, 0) is 26.1 Å². The lowest BCUT2D eigenvalue weighted by atomic mass is 9.93. The first-order valence-electron chi connectivity index (χ1n) is 22.8. The van der Waals surface area contributed by atoms with Crippen molar-refractivity contribution in [2.75, 3.05) is 33.5 Å². The van der Waals surface area contributed by atoms with Crippen molar-refractivity contribution in [1.82, 2.24) is 25.1 Å². The molecule has 0 bridgehead atoms. The van der Waals surface area contributed by atoms with Crippen molar-refractivity contribution < 1.29 is 42.5 Å². The SMILES string of the molecule is C=C(/C=C\C(=C/C)c1cc2c(c(F)c1F)c1cnccc1n2C)NC1CCC1.CC.CCC(CC)OCCCOCCCO.CNC(=O)C(CCC=O)N1C(=O)c2ccc(C)cc2C1=O. The molecular weight excluding hydrogens is 833 g/mol. The van der Waals surface area contributed by atoms with Crippen molar-refractivity contribution in [1.29, 1.82) is 0 Å². The van der Waals surface area contributed by atoms with Crippen LogP contribution in [0.5, 0.6) is 0 Å². The number of benzene rings is 2. The number of aliphatic hydroxyl groups is 1. The van der Waals surface area contributed by atoms with Gasteiger partial charge in [-0.2, -0.15) is 0 Å². The Balaban J connectivity index is 0.000000269. The first-order chi connectivity index (χ1) is 31.4. The molecule has 1 atom stereocenters. The summed E-state index contributed by atoms with van der Waals surface area (Å²) < 4.78 is 42.8. The van der Waals surface area contributed by atoms with E-state index in [2.05, 4.69) is 36.0 Å². The number of hydrogen-bond acceptors (Lipinski definition) is 9. The maximum absolute atomic E-state index is 15.0. The number of allylic oxidation sites excluding steroid dienone is 4. The van der Waals surface area contributed by atoms with Gasteiger partial charge in [0.25, 0.3) is 11.8 Å². The molecule has 1 aliphatic heterocycles. The number of pyridine rings is 1. The van der Waals surface area contributed by atoms with Gasteiger partial charge in [0.15, 0.2) is 11.6 Å². The lowest BCUT2D eigenvalue weighted by Crippen LogP contribution is -2.48. The predicted octanol–water partition coefficient (Wildman–Crippen LogP) is 9.31. The molecule has 354 valence electrons. The smallest absolute Gasteiger partial charge is 0.262 e. The maximum Gasteiger partial charge on any atom is 0.262 e. The number of carbonyl (C=O) groups is 4. The summed E-state index contributed by atoms with van der Waals surface area (Å²) in [7, 11) is 3.28. The number of nitrogens with one attached hydrogen (secondary N) is 2. The van der Waals surface area contributed by atoms with Gasteiger partial charge in [0.2, 0.25) is 5.91 Å². The van der Waals surface area contributed by atoms with E-state index in [4.69, 9.17) is 14.6 Å². The normalized spacial score (nSPS) is 14.0. The molecule has 1 unspecified atom stereocenters. The van der Waals surface area contributed by atoms with Crippen LogP contribution >= 0.6 is 0 Å². The zero-order chi connectivity index (χ0) is 48.1. The number of amides is 3. The van der Waals surface area contributed by atoms with Gasteiger partial charge in [0.05, 0.1) is 28.3 Å². The summed E-state index contributed by atoms with van der Waals surface area (Å²) in [5.41, 5.74) is 4.54. The zero-order valence-corrected chi connectivity index (χ0v) is 39.5. The van der Waals surface area contributed by atoms with E-state index in [1.165, 1.54) is 13.5 Å². The number of imide groups is 1. The lowest BCUT2D eigenvalue weighted by Gasteiger charge is -2.27. The van der Waals surface area contributed by atoms with E-state index in [0.717, 1.165) is 73.4 Å². The van der Waals surface area contributed by atoms with Crippen molar-refractivity contribution in [3.05, 3.63) is 107 Å². The summed E-state index contributed by atoms with van der Waals surface area (Å²) in [6, 6.07) is 7.98. The molecule has 1 aliphatic carbocycles. The highest BCUT2D eigenvalue weighted by Gasteiger charge is 2.42. The fourth-order valence-electron chi connectivity index (χ4n) is 7.37. The first-order valence-corrected chi connectivity index (χ1v) is 22.8. The zero-order valence-electron chi connectivity index (χ0n) is 39.5. The van der Waals surface area contributed by atoms with Crippen LogP contribution in [0.4, 0.5) is 8.78 Å². The number of aldehydes is 1. The minimum Gasteiger partial charge on any atom is -0.396 e. The van der Waals surface area contributed by atoms with Gasteiger partial charge in [-0.25, -0.2) is 8.78 Å². The Labute approximate surface area is 383 Å². The number of carbonyl (C=O) groups excluding carboxylic acids is 4. The number of halogens is 2. The first kappa shape index (κ1) is 53.8. The molecule has 65 heavy (non-hydrogen) atoms. The van der Waals surface area contributed by atoms with Crippen LogP contribution in [0.2, 0.25) is 0 Å². The fourth-order valence-corrected chi connectivity index (χ4v) is 7.37. The second-order valence-corrected chi connectivity index (χ2v) is 15.5. The molecular formula is C51H69F2N5O7. The van der Waals surface area contributed by atoms with E-state index in [-0.39, 0.29) is 30.4 Å². The quantitative estimate of drug-likeness (QED) is 0.0341. The van der Waals surface area contributed by atoms with Crippen molar-refractivity contribution >= 4 is 51.4 Å². The molecule has 12 nitrogen and oxygen atoms in total. The molecule has 6 rings (SSSR count). The summed E-state index contributed by atoms with van der Waals surface area (Å²) in [4.78, 5) is 52.3. The van der Waals surface area contributed by atoms with E-state index in [1.807, 2.05) is 45.4 Å². The average Bonchev–Trinajstić information content (AvgIpc) is 3.73. The molecule has 2 aromatic carbocycles. The van der Waals surface area contributed by atoms with E-state index >= 15 is 4.39 Å². The van der Waals surface area contributed by atoms with E-state index < -0.39 is 35.4 Å². The summed E-state index contributed by atoms with van der Waals surface area (Å²) >= 11 is 0. The van der Waals surface area contributed by atoms with Gasteiger partial charge in [-0.15, -0.1) is 0 Å². The van der Waals surface area contributed by atoms with Gasteiger partial charge in [-0.1, -0.05) is 58.1 Å². The Morgan fingerprint density at radius 3 is 2.31 bits per heavy atom. The second kappa shape index (κ2) is 27.7. The second-order valence-electron chi connectivity index (χ2n) is 15.5. The number of likely N-dealkylation sites (N-methyl/N-ethyl adjacent to an activating group) is 1. The molecule has 3 amide bonds. The minimum absolute atomic E-state index is 0.102. The van der Waals surface area contributed by atoms with Crippen molar-refractivity contribution in [2.24, 2.45) is 7.05 Å². The number of hydrogen-bond donors (Lipinski definition) is 3. The van der Waals surface area contributed by atoms with Crippen molar-refractivity contribution in [2.45, 2.75) is 118 Å². The summed E-state index contributed by atoms with van der Waals surface area (Å²) in [6.07, 6.45) is 17.3. The number of aromatic nitrogens is 2. The summed E-state index contributed by atoms with van der Waals surface area (Å²) in [6.45, 7) is 18.3. The van der Waals surface area contributed by atoms with Gasteiger partial charge >= 0.3 is 0 Å². The molecule has 1 saturated carbocycles. The van der Waals surface area contributed by atoms with Gasteiger partial charge < -0.3 is 34.6 Å². The molecule has 2 aliphatic rings. The predicted molar refractivity (Wildman–Crippen MR) is 254 cm³/mol. The molecule has 0 radical (unpaired) electrons. The number of aliphatic hydroxyl groups excluding tert-OH is 1. The third kappa shape index (κ3) is 14.2. The van der Waals surface area contributed by atoms with Crippen LogP contribution in [0.1, 0.15) is 124 Å². The number of ether oxygens (including phenoxy) is 2. The monoisotopic (exact) mass is 902 g/mol. The van der Waals surface area contributed by atoms with Crippen LogP contribution in [0.3, 0.4) is 0 Å². The van der Waals surface area contributed by atoms with Crippen LogP contribution < -0.4 is 10.6 Å². The Bertz CT molecular complexity index is 2280. The minimum atomic E-state index is -0.965. The Hall–Kier alpha value is -5.57. The molecule has 3 heterocycles. The molecule has 3 N–H and O–H groups in total. The van der Waals surface area contributed by atoms with E-state index in [0.29, 0.717) is 52.6 Å². The van der Waals surface area contributed by atoms with E-state index in [1.54, 1.807) is 54.9 Å². The van der Waals surface area contributed by atoms with Crippen LogP contribution in [0, 0.1) is 18.6 Å². The van der Waals surface area contributed by atoms with Crippen LogP contribution in [0.25, 0.3) is 27.4 Å². The molecule has 0 saturated heterocycles. The van der Waals surface area contributed by atoms with Gasteiger partial charge in [-0.3, -0.25) is 24.3 Å². The van der Waals surface area contributed by atoms with Gasteiger partial charge in [0, 0.05) is 87.4 Å². The van der Waals surface area contributed by atoms with Gasteiger partial charge in [-0.05, 0) is 101 Å². The van der Waals surface area contributed by atoms with E-state index in [9.17, 15) is 23.6 Å². The molecule has 1 fully saturated rings. The molecule has 2 aromatic heterocycles. The maximum atomic E-state index is 15.0. The number of fused-ring (bicyclic) bond motifs is 4. The highest BCUT2D eigenvalue weighted by molar-refractivity contribution is 6.23. The van der Waals surface area contributed by atoms with Crippen LogP contribution in [-0.4, -0.2) is 95.2 Å². The summed E-state index contributed by atoms with van der Waals surface area (Å²) in [5, 5.41) is 15.1. The van der Waals surface area contributed by atoms with Gasteiger partial charge in [0.1, 0.15) is 12.3 Å². The van der Waals surface area contributed by atoms with Crippen molar-refractivity contribution in [3.63, 3.8) is 0 Å². The third-order valence-electron chi connectivity index (χ3n) is 11.2. The Morgan fingerprint density at radius 2 is 1.69 bits per heavy atom. The van der Waals surface area contributed by atoms with Crippen LogP contribution in [0.15, 0.2) is 73.2 Å². The topological polar surface area (TPSA) is 152 Å². The average molecular weight is 902 g/mol. The molecule has 0 spiro atoms. The van der Waals surface area contributed by atoms with Crippen molar-refractivity contribution in [3.8, 4) is 0 Å². The Kier molecular flexibility index (Phi) is 22.9. The number of rotatable bonds is 20. The Morgan fingerprint density at radius 1 is 1.00 bits per heavy atom.